The molecule has 0 spiro atoms. The summed E-state index contributed by atoms with van der Waals surface area (Å²) in [5.74, 6) is 0. The smallest absolute Gasteiger partial charge is 0.311 e. The lowest BCUT2D eigenvalue weighted by atomic mass is 10.1. The van der Waals surface area contributed by atoms with Gasteiger partial charge in [-0.15, -0.1) is 0 Å². The summed E-state index contributed by atoms with van der Waals surface area (Å²) < 4.78 is 37.8. The Balaban J connectivity index is 1.71. The molecule has 1 aliphatic rings. The number of piperazine rings is 1. The lowest BCUT2D eigenvalue weighted by molar-refractivity contribution is -0.137. The van der Waals surface area contributed by atoms with Gasteiger partial charge in [-0.1, -0.05) is 18.2 Å². The van der Waals surface area contributed by atoms with Gasteiger partial charge in [0.05, 0.1) is 5.56 Å². The Bertz CT molecular complexity index is 440. The van der Waals surface area contributed by atoms with Gasteiger partial charge < -0.3 is 10.2 Å². The molecular formula is C15H22F3N3. The van der Waals surface area contributed by atoms with Crippen molar-refractivity contribution in [3.8, 4) is 0 Å². The molecule has 21 heavy (non-hydrogen) atoms. The van der Waals surface area contributed by atoms with E-state index in [1.165, 1.54) is 12.1 Å². The number of rotatable bonds is 5. The fourth-order valence-corrected chi connectivity index (χ4v) is 2.40. The van der Waals surface area contributed by atoms with Gasteiger partial charge in [-0.2, -0.15) is 13.2 Å². The minimum atomic E-state index is -4.27. The van der Waals surface area contributed by atoms with E-state index in [0.717, 1.165) is 45.3 Å². The molecule has 1 aromatic carbocycles. The van der Waals surface area contributed by atoms with E-state index in [-0.39, 0.29) is 0 Å². The normalized spacial score (nSPS) is 18.1. The van der Waals surface area contributed by atoms with Crippen molar-refractivity contribution in [3.63, 3.8) is 0 Å². The van der Waals surface area contributed by atoms with Crippen LogP contribution in [0.15, 0.2) is 24.3 Å². The van der Waals surface area contributed by atoms with E-state index >= 15 is 0 Å². The zero-order valence-electron chi connectivity index (χ0n) is 12.3. The number of alkyl halides is 3. The molecule has 1 heterocycles. The van der Waals surface area contributed by atoms with E-state index in [4.69, 9.17) is 0 Å². The van der Waals surface area contributed by atoms with Crippen molar-refractivity contribution in [3.05, 3.63) is 35.4 Å². The van der Waals surface area contributed by atoms with E-state index in [1.54, 1.807) is 6.07 Å². The summed E-state index contributed by atoms with van der Waals surface area (Å²) in [5, 5.41) is 3.22. The maximum Gasteiger partial charge on any atom is 0.416 e. The van der Waals surface area contributed by atoms with Crippen molar-refractivity contribution in [2.45, 2.75) is 12.7 Å². The van der Waals surface area contributed by atoms with E-state index in [9.17, 15) is 13.2 Å². The average molecular weight is 301 g/mol. The number of hydrogen-bond acceptors (Lipinski definition) is 3. The highest BCUT2D eigenvalue weighted by Gasteiger charge is 2.30. The summed E-state index contributed by atoms with van der Waals surface area (Å²) in [7, 11) is 2.11. The van der Waals surface area contributed by atoms with Crippen LogP contribution >= 0.6 is 0 Å². The van der Waals surface area contributed by atoms with Gasteiger partial charge in [0.15, 0.2) is 0 Å². The van der Waals surface area contributed by atoms with Gasteiger partial charge in [-0.25, -0.2) is 0 Å². The maximum absolute atomic E-state index is 12.6. The highest BCUT2D eigenvalue weighted by molar-refractivity contribution is 5.25. The molecule has 1 fully saturated rings. The number of nitrogens with zero attached hydrogens (tertiary/aromatic N) is 2. The summed E-state index contributed by atoms with van der Waals surface area (Å²) in [4.78, 5) is 4.67. The van der Waals surface area contributed by atoms with Crippen molar-refractivity contribution >= 4 is 0 Å². The average Bonchev–Trinajstić information content (AvgIpc) is 2.45. The molecule has 0 amide bonds. The van der Waals surface area contributed by atoms with Gasteiger partial charge >= 0.3 is 6.18 Å². The van der Waals surface area contributed by atoms with Crippen LogP contribution < -0.4 is 5.32 Å². The Kier molecular flexibility index (Phi) is 5.61. The monoisotopic (exact) mass is 301 g/mol. The molecule has 0 aliphatic carbocycles. The quantitative estimate of drug-likeness (QED) is 0.840. The van der Waals surface area contributed by atoms with Crippen LogP contribution in [-0.2, 0) is 12.7 Å². The molecular weight excluding hydrogens is 279 g/mol. The number of benzene rings is 1. The largest absolute Gasteiger partial charge is 0.416 e. The van der Waals surface area contributed by atoms with Gasteiger partial charge in [0.25, 0.3) is 0 Å². The number of hydrogen-bond donors (Lipinski definition) is 1. The summed E-state index contributed by atoms with van der Waals surface area (Å²) in [5.41, 5.74) is 0.0871. The molecule has 1 saturated heterocycles. The highest BCUT2D eigenvalue weighted by atomic mass is 19.4. The Hall–Kier alpha value is -1.11. The van der Waals surface area contributed by atoms with E-state index in [0.29, 0.717) is 12.1 Å². The van der Waals surface area contributed by atoms with Crippen LogP contribution in [0.2, 0.25) is 0 Å². The van der Waals surface area contributed by atoms with Crippen LogP contribution in [0.1, 0.15) is 11.1 Å². The maximum atomic E-state index is 12.6. The summed E-state index contributed by atoms with van der Waals surface area (Å²) in [6.07, 6.45) is -4.27. The number of likely N-dealkylation sites (N-methyl/N-ethyl adjacent to an activating group) is 1. The molecule has 118 valence electrons. The first-order valence-electron chi connectivity index (χ1n) is 7.23. The second kappa shape index (κ2) is 7.24. The van der Waals surface area contributed by atoms with Gasteiger partial charge in [0.2, 0.25) is 0 Å². The minimum absolute atomic E-state index is 0.470. The Morgan fingerprint density at radius 1 is 1.14 bits per heavy atom. The molecule has 1 aliphatic heterocycles. The van der Waals surface area contributed by atoms with Crippen LogP contribution in [-0.4, -0.2) is 56.1 Å². The predicted molar refractivity (Wildman–Crippen MR) is 77.1 cm³/mol. The van der Waals surface area contributed by atoms with Crippen LogP contribution in [0.5, 0.6) is 0 Å². The first-order chi connectivity index (χ1) is 9.95. The van der Waals surface area contributed by atoms with Crippen molar-refractivity contribution in [2.24, 2.45) is 0 Å². The molecule has 3 nitrogen and oxygen atoms in total. The van der Waals surface area contributed by atoms with E-state index in [1.807, 2.05) is 0 Å². The van der Waals surface area contributed by atoms with Gasteiger partial charge in [0, 0.05) is 45.8 Å². The fraction of sp³-hybridized carbons (Fsp3) is 0.600. The van der Waals surface area contributed by atoms with Gasteiger partial charge in [-0.3, -0.25) is 4.90 Å². The predicted octanol–water partition coefficient (Wildman–Crippen LogP) is 2.04. The Morgan fingerprint density at radius 3 is 2.52 bits per heavy atom. The minimum Gasteiger partial charge on any atom is -0.311 e. The number of halogens is 3. The van der Waals surface area contributed by atoms with Crippen molar-refractivity contribution < 1.29 is 13.2 Å². The third-order valence-corrected chi connectivity index (χ3v) is 3.78. The zero-order chi connectivity index (χ0) is 15.3. The second-order valence-electron chi connectivity index (χ2n) is 5.52. The number of nitrogens with one attached hydrogen (secondary N) is 1. The molecule has 0 bridgehead atoms. The van der Waals surface area contributed by atoms with E-state index < -0.39 is 11.7 Å². The van der Waals surface area contributed by atoms with E-state index in [2.05, 4.69) is 22.2 Å². The third-order valence-electron chi connectivity index (χ3n) is 3.78. The first kappa shape index (κ1) is 16.3. The summed E-state index contributed by atoms with van der Waals surface area (Å²) in [6.45, 7) is 6.47. The molecule has 1 aromatic rings. The van der Waals surface area contributed by atoms with Gasteiger partial charge in [0.1, 0.15) is 0 Å². The standard InChI is InChI=1S/C15H22F3N3/c1-20-7-9-21(10-8-20)6-5-19-12-13-3-2-4-14(11-13)15(16,17)18/h2-4,11,19H,5-10,12H2,1H3. The van der Waals surface area contributed by atoms with Gasteiger partial charge in [-0.05, 0) is 18.7 Å². The molecule has 1 N–H and O–H groups in total. The molecule has 2 rings (SSSR count). The van der Waals surface area contributed by atoms with Crippen LogP contribution in [0.25, 0.3) is 0 Å². The zero-order valence-corrected chi connectivity index (χ0v) is 12.3. The van der Waals surface area contributed by atoms with Crippen LogP contribution in [0.4, 0.5) is 13.2 Å². The fourth-order valence-electron chi connectivity index (χ4n) is 2.40. The molecule has 0 atom stereocenters. The highest BCUT2D eigenvalue weighted by Crippen LogP contribution is 2.29. The SMILES string of the molecule is CN1CCN(CCNCc2cccc(C(F)(F)F)c2)CC1. The van der Waals surface area contributed by atoms with Crippen molar-refractivity contribution in [1.29, 1.82) is 0 Å². The third kappa shape index (κ3) is 5.30. The molecule has 0 saturated carbocycles. The Morgan fingerprint density at radius 2 is 1.86 bits per heavy atom. The Labute approximate surface area is 123 Å². The molecule has 0 unspecified atom stereocenters. The van der Waals surface area contributed by atoms with Crippen LogP contribution in [0, 0.1) is 0 Å². The topological polar surface area (TPSA) is 18.5 Å². The molecule has 0 aromatic heterocycles. The van der Waals surface area contributed by atoms with Crippen molar-refractivity contribution in [1.82, 2.24) is 15.1 Å². The summed E-state index contributed by atoms with van der Waals surface area (Å²) in [6, 6.07) is 5.50. The molecule has 0 radical (unpaired) electrons. The second-order valence-corrected chi connectivity index (χ2v) is 5.52. The lowest BCUT2D eigenvalue weighted by Gasteiger charge is -2.32. The first-order valence-corrected chi connectivity index (χ1v) is 7.23. The molecule has 6 heteroatoms. The van der Waals surface area contributed by atoms with Crippen molar-refractivity contribution in [2.75, 3.05) is 46.3 Å². The summed E-state index contributed by atoms with van der Waals surface area (Å²) >= 11 is 0. The van der Waals surface area contributed by atoms with Crippen LogP contribution in [0.3, 0.4) is 0 Å². The lowest BCUT2D eigenvalue weighted by Crippen LogP contribution is -2.46.